The van der Waals surface area contributed by atoms with Gasteiger partial charge in [0.2, 0.25) is 0 Å². The van der Waals surface area contributed by atoms with Crippen LogP contribution in [-0.4, -0.2) is 11.8 Å². The molecule has 7 heteroatoms. The summed E-state index contributed by atoms with van der Waals surface area (Å²) in [7, 11) is 0. The molecule has 0 fully saturated rings. The van der Waals surface area contributed by atoms with Crippen LogP contribution in [-0.2, 0) is 35.8 Å². The predicted octanol–water partition coefficient (Wildman–Crippen LogP) is -0.738. The molecule has 0 aliphatic rings. The van der Waals surface area contributed by atoms with Gasteiger partial charge in [-0.3, -0.25) is 0 Å². The Morgan fingerprint density at radius 3 is 1.20 bits per heavy atom. The van der Waals surface area contributed by atoms with Crippen LogP contribution in [0.1, 0.15) is 26.7 Å². The van der Waals surface area contributed by atoms with Gasteiger partial charge in [0, 0.05) is 0 Å². The minimum atomic E-state index is -0.0730. The van der Waals surface area contributed by atoms with Crippen LogP contribution in [0, 0.1) is 0 Å². The van der Waals surface area contributed by atoms with E-state index < -0.39 is 0 Å². The van der Waals surface area contributed by atoms with Gasteiger partial charge in [0.25, 0.3) is 0 Å². The zero-order valence-corrected chi connectivity index (χ0v) is 16.6. The summed E-state index contributed by atoms with van der Waals surface area (Å²) in [6.07, 6.45) is 0.934. The van der Waals surface area contributed by atoms with Crippen LogP contribution in [0.3, 0.4) is 0 Å². The number of rotatable bonds is 4. The van der Waals surface area contributed by atoms with Crippen molar-refractivity contribution >= 4 is 23.2 Å². The average Bonchev–Trinajstić information content (AvgIpc) is 2.57. The quantitative estimate of drug-likeness (QED) is 0.648. The summed E-state index contributed by atoms with van der Waals surface area (Å²) in [5, 5.41) is 7.68. The van der Waals surface area contributed by atoms with Crippen molar-refractivity contribution in [2.24, 2.45) is 0 Å². The maximum atomic E-state index is 10.8. The SMILES string of the molecule is CCC(=O)[N-]c1ccccc1.CCC(=O)[N-]c1ccccc1.[F-].[F-].[Zr+4]. The van der Waals surface area contributed by atoms with E-state index in [-0.39, 0.29) is 47.4 Å². The molecule has 0 atom stereocenters. The smallest absolute Gasteiger partial charge is 1.00 e. The Labute approximate surface area is 166 Å². The first kappa shape index (κ1) is 27.9. The standard InChI is InChI=1S/2C9H11NO.2FH.Zr/c2*1-2-9(11)10-8-6-4-3-5-7-8;;;/h2*3-7H,2H2,1H3,(H,10,11);2*1H;/q;;;;+4/p-4. The molecule has 4 nitrogen and oxygen atoms in total. The Morgan fingerprint density at radius 1 is 0.680 bits per heavy atom. The summed E-state index contributed by atoms with van der Waals surface area (Å²) in [5.41, 5.74) is 1.47. The van der Waals surface area contributed by atoms with E-state index >= 15 is 0 Å². The summed E-state index contributed by atoms with van der Waals surface area (Å²) in [5.74, 6) is -0.146. The Balaban J connectivity index is -0.000000346. The summed E-state index contributed by atoms with van der Waals surface area (Å²) in [6, 6.07) is 18.5. The van der Waals surface area contributed by atoms with E-state index in [4.69, 9.17) is 0 Å². The molecule has 0 aromatic heterocycles. The number of carbonyl (C=O) groups excluding carboxylic acids is 2. The summed E-state index contributed by atoms with van der Waals surface area (Å²) in [6.45, 7) is 3.60. The minimum absolute atomic E-state index is 0. The minimum Gasteiger partial charge on any atom is -1.00 e. The van der Waals surface area contributed by atoms with Crippen molar-refractivity contribution in [2.45, 2.75) is 26.7 Å². The van der Waals surface area contributed by atoms with Gasteiger partial charge in [-0.15, -0.1) is 11.4 Å². The normalized spacial score (nSPS) is 8.08. The van der Waals surface area contributed by atoms with Crippen molar-refractivity contribution in [1.29, 1.82) is 0 Å². The fourth-order valence-corrected chi connectivity index (χ4v) is 1.45. The second-order valence-corrected chi connectivity index (χ2v) is 4.39. The second-order valence-electron chi connectivity index (χ2n) is 4.39. The number of benzene rings is 2. The van der Waals surface area contributed by atoms with Crippen molar-refractivity contribution in [1.82, 2.24) is 0 Å². The van der Waals surface area contributed by atoms with Gasteiger partial charge in [0.15, 0.2) is 0 Å². The molecule has 2 aromatic carbocycles. The molecule has 0 spiro atoms. The van der Waals surface area contributed by atoms with Gasteiger partial charge >= 0.3 is 26.2 Å². The summed E-state index contributed by atoms with van der Waals surface area (Å²) in [4.78, 5) is 21.6. The van der Waals surface area contributed by atoms with E-state index in [2.05, 4.69) is 10.6 Å². The maximum absolute atomic E-state index is 10.8. The van der Waals surface area contributed by atoms with E-state index in [1.807, 2.05) is 60.7 Å². The van der Waals surface area contributed by atoms with Crippen LogP contribution in [0.2, 0.25) is 0 Å². The van der Waals surface area contributed by atoms with Crippen molar-refractivity contribution in [3.05, 3.63) is 71.3 Å². The molecular formula is C18H20F2N2O2Zr. The van der Waals surface area contributed by atoms with Gasteiger partial charge in [-0.05, 0) is 12.8 Å². The first-order valence-corrected chi connectivity index (χ1v) is 7.25. The number of nitrogens with zero attached hydrogens (tertiary/aromatic N) is 2. The zero-order valence-electron chi connectivity index (χ0n) is 14.2. The third-order valence-electron chi connectivity index (χ3n) is 2.62. The molecular weight excluding hydrogens is 405 g/mol. The monoisotopic (exact) mass is 424 g/mol. The van der Waals surface area contributed by atoms with Crippen LogP contribution < -0.4 is 9.41 Å². The molecule has 132 valence electrons. The molecule has 0 bridgehead atoms. The Hall–Kier alpha value is -1.88. The fraction of sp³-hybridized carbons (Fsp3) is 0.222. The zero-order chi connectivity index (χ0) is 16.2. The van der Waals surface area contributed by atoms with Gasteiger partial charge in [-0.1, -0.05) is 74.5 Å². The number of hydrogen-bond donors (Lipinski definition) is 0. The van der Waals surface area contributed by atoms with Gasteiger partial charge < -0.3 is 29.6 Å². The summed E-state index contributed by atoms with van der Waals surface area (Å²) < 4.78 is 0. The van der Waals surface area contributed by atoms with Crippen molar-refractivity contribution in [3.8, 4) is 0 Å². The molecule has 2 amide bonds. The molecule has 2 rings (SSSR count). The molecule has 0 unspecified atom stereocenters. The maximum Gasteiger partial charge on any atom is 4.00 e. The molecule has 0 radical (unpaired) electrons. The number of amides is 2. The first-order valence-electron chi connectivity index (χ1n) is 7.25. The van der Waals surface area contributed by atoms with Crippen molar-refractivity contribution in [2.75, 3.05) is 0 Å². The van der Waals surface area contributed by atoms with Crippen molar-refractivity contribution < 1.29 is 45.2 Å². The van der Waals surface area contributed by atoms with Gasteiger partial charge in [-0.2, -0.15) is 0 Å². The van der Waals surface area contributed by atoms with E-state index in [0.717, 1.165) is 11.4 Å². The fourth-order valence-electron chi connectivity index (χ4n) is 1.45. The van der Waals surface area contributed by atoms with Crippen LogP contribution in [0.4, 0.5) is 11.4 Å². The molecule has 0 heterocycles. The largest absolute Gasteiger partial charge is 4.00 e. The van der Waals surface area contributed by atoms with Gasteiger partial charge in [0.05, 0.1) is 11.8 Å². The van der Waals surface area contributed by atoms with E-state index in [0.29, 0.717) is 12.8 Å². The van der Waals surface area contributed by atoms with Crippen LogP contribution in [0.5, 0.6) is 0 Å². The second kappa shape index (κ2) is 17.0. The van der Waals surface area contributed by atoms with Crippen molar-refractivity contribution in [3.63, 3.8) is 0 Å². The molecule has 2 aromatic rings. The number of halogens is 2. The Bertz CT molecular complexity index is 531. The van der Waals surface area contributed by atoms with E-state index in [9.17, 15) is 9.59 Å². The first-order chi connectivity index (χ1) is 10.7. The predicted molar refractivity (Wildman–Crippen MR) is 89.5 cm³/mol. The number of para-hydroxylation sites is 2. The average molecular weight is 426 g/mol. The number of carbonyl (C=O) groups is 2. The third-order valence-corrected chi connectivity index (χ3v) is 2.62. The Morgan fingerprint density at radius 2 is 0.960 bits per heavy atom. The molecule has 0 saturated heterocycles. The third kappa shape index (κ3) is 13.1. The molecule has 0 N–H and O–H groups in total. The number of hydrogen-bond acceptors (Lipinski definition) is 2. The van der Waals surface area contributed by atoms with E-state index in [1.54, 1.807) is 13.8 Å². The molecule has 25 heavy (non-hydrogen) atoms. The molecule has 0 aliphatic carbocycles. The topological polar surface area (TPSA) is 62.3 Å². The molecule has 0 saturated carbocycles. The van der Waals surface area contributed by atoms with Gasteiger partial charge in [-0.25, -0.2) is 0 Å². The van der Waals surface area contributed by atoms with Gasteiger partial charge in [0.1, 0.15) is 0 Å². The summed E-state index contributed by atoms with van der Waals surface area (Å²) >= 11 is 0. The Kier molecular flexibility index (Phi) is 19.0. The van der Waals surface area contributed by atoms with Crippen LogP contribution in [0.25, 0.3) is 10.6 Å². The van der Waals surface area contributed by atoms with Crippen LogP contribution in [0.15, 0.2) is 60.7 Å². The van der Waals surface area contributed by atoms with Crippen LogP contribution >= 0.6 is 0 Å². The molecule has 0 aliphatic heterocycles. The van der Waals surface area contributed by atoms with E-state index in [1.165, 1.54) is 0 Å².